The van der Waals surface area contributed by atoms with Crippen LogP contribution < -0.4 is 16.4 Å². The molecule has 0 heterocycles. The molecule has 28 heavy (non-hydrogen) atoms. The molecular weight excluding hydrogens is 352 g/mol. The van der Waals surface area contributed by atoms with E-state index in [0.29, 0.717) is 17.8 Å². The van der Waals surface area contributed by atoms with Crippen LogP contribution in [0.2, 0.25) is 0 Å². The summed E-state index contributed by atoms with van der Waals surface area (Å²) in [4.78, 5) is 26.8. The molecule has 0 fully saturated rings. The van der Waals surface area contributed by atoms with Gasteiger partial charge in [0.25, 0.3) is 5.91 Å². The van der Waals surface area contributed by atoms with E-state index in [1.807, 2.05) is 31.2 Å². The number of hydrogen-bond acceptors (Lipinski definition) is 4. The monoisotopic (exact) mass is 382 g/mol. The average Bonchev–Trinajstić information content (AvgIpc) is 2.71. The predicted octanol–water partition coefficient (Wildman–Crippen LogP) is 2.71. The van der Waals surface area contributed by atoms with Crippen LogP contribution in [0.15, 0.2) is 48.5 Å². The van der Waals surface area contributed by atoms with Crippen molar-refractivity contribution in [3.8, 4) is 0 Å². The Hall–Kier alpha value is -2.70. The van der Waals surface area contributed by atoms with Crippen LogP contribution in [0.3, 0.4) is 0 Å². The van der Waals surface area contributed by atoms with Gasteiger partial charge in [-0.2, -0.15) is 0 Å². The molecule has 6 heteroatoms. The van der Waals surface area contributed by atoms with Crippen molar-refractivity contribution < 1.29 is 9.59 Å². The molecule has 0 saturated carbocycles. The van der Waals surface area contributed by atoms with Crippen molar-refractivity contribution in [1.29, 1.82) is 0 Å². The molecule has 0 radical (unpaired) electrons. The highest BCUT2D eigenvalue weighted by atomic mass is 16.2. The van der Waals surface area contributed by atoms with Crippen molar-refractivity contribution >= 4 is 17.5 Å². The molecule has 2 amide bonds. The molecule has 0 aliphatic heterocycles. The van der Waals surface area contributed by atoms with Crippen LogP contribution in [-0.2, 0) is 4.79 Å². The number of carbonyl (C=O) groups is 2. The lowest BCUT2D eigenvalue weighted by molar-refractivity contribution is -0.117. The van der Waals surface area contributed by atoms with Gasteiger partial charge < -0.3 is 21.3 Å². The summed E-state index contributed by atoms with van der Waals surface area (Å²) < 4.78 is 0. The van der Waals surface area contributed by atoms with Crippen molar-refractivity contribution in [3.05, 3.63) is 65.2 Å². The lowest BCUT2D eigenvalue weighted by atomic mass is 10.1. The first-order chi connectivity index (χ1) is 13.4. The maximum atomic E-state index is 12.4. The molecule has 4 N–H and O–H groups in total. The minimum Gasteiger partial charge on any atom is -0.351 e. The number of nitrogens with one attached hydrogen (secondary N) is 2. The normalized spacial score (nSPS) is 11.9. The van der Waals surface area contributed by atoms with Gasteiger partial charge in [0.05, 0.1) is 0 Å². The molecule has 0 aliphatic carbocycles. The van der Waals surface area contributed by atoms with E-state index in [9.17, 15) is 9.59 Å². The third kappa shape index (κ3) is 6.18. The zero-order chi connectivity index (χ0) is 20.5. The van der Waals surface area contributed by atoms with Crippen LogP contribution in [0.4, 0.5) is 5.69 Å². The lowest BCUT2D eigenvalue weighted by Gasteiger charge is -2.18. The highest BCUT2D eigenvalue weighted by molar-refractivity contribution is 5.97. The van der Waals surface area contributed by atoms with E-state index >= 15 is 0 Å². The molecule has 0 aliphatic rings. The minimum absolute atomic E-state index is 0.124. The lowest BCUT2D eigenvalue weighted by Crippen LogP contribution is -2.34. The molecule has 1 unspecified atom stereocenters. The first-order valence-electron chi connectivity index (χ1n) is 9.68. The number of nitrogens with two attached hydrogens (primary N) is 1. The quantitative estimate of drug-likeness (QED) is 0.622. The van der Waals surface area contributed by atoms with Gasteiger partial charge in [0.1, 0.15) is 6.04 Å². The second-order valence-corrected chi connectivity index (χ2v) is 6.74. The van der Waals surface area contributed by atoms with Gasteiger partial charge in [-0.3, -0.25) is 9.59 Å². The van der Waals surface area contributed by atoms with E-state index in [1.165, 1.54) is 0 Å². The highest BCUT2D eigenvalue weighted by Crippen LogP contribution is 2.15. The fourth-order valence-electron chi connectivity index (χ4n) is 2.82. The largest absolute Gasteiger partial charge is 0.351 e. The number of aryl methyl sites for hydroxylation is 1. The summed E-state index contributed by atoms with van der Waals surface area (Å²) >= 11 is 0. The van der Waals surface area contributed by atoms with Gasteiger partial charge >= 0.3 is 0 Å². The van der Waals surface area contributed by atoms with Crippen molar-refractivity contribution in [2.45, 2.75) is 26.8 Å². The zero-order valence-electron chi connectivity index (χ0n) is 16.9. The summed E-state index contributed by atoms with van der Waals surface area (Å²) in [5.74, 6) is -0.415. The van der Waals surface area contributed by atoms with Crippen LogP contribution >= 0.6 is 0 Å². The number of benzene rings is 2. The summed E-state index contributed by atoms with van der Waals surface area (Å²) in [6.07, 6.45) is 0. The van der Waals surface area contributed by atoms with Crippen LogP contribution in [0.1, 0.15) is 41.4 Å². The number of hydrogen-bond donors (Lipinski definition) is 3. The summed E-state index contributed by atoms with van der Waals surface area (Å²) in [5.41, 5.74) is 9.07. The Labute approximate surface area is 167 Å². The first-order valence-corrected chi connectivity index (χ1v) is 9.68. The van der Waals surface area contributed by atoms with Crippen molar-refractivity contribution in [2.24, 2.45) is 5.73 Å². The Balaban J connectivity index is 1.88. The van der Waals surface area contributed by atoms with E-state index in [-0.39, 0.29) is 11.8 Å². The Bertz CT molecular complexity index is 768. The van der Waals surface area contributed by atoms with E-state index in [2.05, 4.69) is 29.4 Å². The molecule has 0 aromatic heterocycles. The average molecular weight is 383 g/mol. The molecule has 1 atom stereocenters. The van der Waals surface area contributed by atoms with E-state index in [1.54, 1.807) is 24.3 Å². The van der Waals surface area contributed by atoms with Gasteiger partial charge in [0.2, 0.25) is 5.91 Å². The Morgan fingerprint density at radius 2 is 1.61 bits per heavy atom. The van der Waals surface area contributed by atoms with Crippen molar-refractivity contribution in [2.75, 3.05) is 31.5 Å². The van der Waals surface area contributed by atoms with Gasteiger partial charge in [-0.05, 0) is 49.8 Å². The zero-order valence-corrected chi connectivity index (χ0v) is 16.9. The van der Waals surface area contributed by atoms with E-state index in [0.717, 1.165) is 30.8 Å². The third-order valence-corrected chi connectivity index (χ3v) is 4.74. The molecule has 6 nitrogen and oxygen atoms in total. The summed E-state index contributed by atoms with van der Waals surface area (Å²) in [6, 6.07) is 13.6. The van der Waals surface area contributed by atoms with Crippen LogP contribution in [0.5, 0.6) is 0 Å². The first kappa shape index (κ1) is 21.6. The molecule has 2 rings (SSSR count). The van der Waals surface area contributed by atoms with Gasteiger partial charge in [-0.15, -0.1) is 0 Å². The fourth-order valence-corrected chi connectivity index (χ4v) is 2.82. The standard InChI is InChI=1S/C22H30N4O2/c1-4-26(5-2)15-14-24-21(27)18-10-12-19(13-11-18)25-22(28)20(23)17-8-6-16(3)7-9-17/h6-13,20H,4-5,14-15,23H2,1-3H3,(H,24,27)(H,25,28). The highest BCUT2D eigenvalue weighted by Gasteiger charge is 2.16. The summed E-state index contributed by atoms with van der Waals surface area (Å²) in [6.45, 7) is 9.54. The molecule has 2 aromatic rings. The molecular formula is C22H30N4O2. The van der Waals surface area contributed by atoms with Crippen molar-refractivity contribution in [1.82, 2.24) is 10.2 Å². The van der Waals surface area contributed by atoms with E-state index < -0.39 is 6.04 Å². The van der Waals surface area contributed by atoms with Crippen LogP contribution in [0.25, 0.3) is 0 Å². The Morgan fingerprint density at radius 3 is 2.18 bits per heavy atom. The summed E-state index contributed by atoms with van der Waals surface area (Å²) in [7, 11) is 0. The minimum atomic E-state index is -0.747. The molecule has 0 saturated heterocycles. The van der Waals surface area contributed by atoms with Gasteiger partial charge in [-0.1, -0.05) is 43.7 Å². The maximum Gasteiger partial charge on any atom is 0.251 e. The molecule has 2 aromatic carbocycles. The van der Waals surface area contributed by atoms with Crippen LogP contribution in [-0.4, -0.2) is 42.9 Å². The molecule has 0 bridgehead atoms. The topological polar surface area (TPSA) is 87.5 Å². The number of amides is 2. The van der Waals surface area contributed by atoms with Gasteiger partial charge in [0, 0.05) is 24.3 Å². The smallest absolute Gasteiger partial charge is 0.251 e. The Kier molecular flexibility index (Phi) is 8.17. The van der Waals surface area contributed by atoms with E-state index in [4.69, 9.17) is 5.73 Å². The number of likely N-dealkylation sites (N-methyl/N-ethyl adjacent to an activating group) is 1. The maximum absolute atomic E-state index is 12.4. The second-order valence-electron chi connectivity index (χ2n) is 6.74. The Morgan fingerprint density at radius 1 is 1.00 bits per heavy atom. The molecule has 0 spiro atoms. The number of rotatable bonds is 9. The third-order valence-electron chi connectivity index (χ3n) is 4.74. The number of nitrogens with zero attached hydrogens (tertiary/aromatic N) is 1. The fraction of sp³-hybridized carbons (Fsp3) is 0.364. The predicted molar refractivity (Wildman–Crippen MR) is 113 cm³/mol. The van der Waals surface area contributed by atoms with Crippen molar-refractivity contribution in [3.63, 3.8) is 0 Å². The number of carbonyl (C=O) groups excluding carboxylic acids is 2. The van der Waals surface area contributed by atoms with Gasteiger partial charge in [-0.25, -0.2) is 0 Å². The molecule has 150 valence electrons. The SMILES string of the molecule is CCN(CC)CCNC(=O)c1ccc(NC(=O)C(N)c2ccc(C)cc2)cc1. The number of anilines is 1. The van der Waals surface area contributed by atoms with Crippen LogP contribution in [0, 0.1) is 6.92 Å². The van der Waals surface area contributed by atoms with Gasteiger partial charge in [0.15, 0.2) is 0 Å². The summed E-state index contributed by atoms with van der Waals surface area (Å²) in [5, 5.41) is 5.71. The second kappa shape index (κ2) is 10.6.